The van der Waals surface area contributed by atoms with Crippen LogP contribution in [0.5, 0.6) is 0 Å². The van der Waals surface area contributed by atoms with Gasteiger partial charge in [-0.15, -0.1) is 4.72 Å². The number of carbonyl (C=O) groups excluding carboxylic acids is 1. The fourth-order valence-corrected chi connectivity index (χ4v) is 4.07. The summed E-state index contributed by atoms with van der Waals surface area (Å²) < 4.78 is 15.2. The number of rotatable bonds is 7. The molecule has 0 heterocycles. The molecule has 0 saturated heterocycles. The summed E-state index contributed by atoms with van der Waals surface area (Å²) >= 11 is -1.04. The second-order valence-corrected chi connectivity index (χ2v) is 10.3. The normalized spacial score (nSPS) is 22.0. The summed E-state index contributed by atoms with van der Waals surface area (Å²) in [5.74, 6) is 0.164. The molecule has 1 unspecified atom stereocenters. The maximum atomic E-state index is 12.5. The Kier molecular flexibility index (Phi) is 7.99. The van der Waals surface area contributed by atoms with Crippen molar-refractivity contribution in [3.63, 3.8) is 0 Å². The highest BCUT2D eigenvalue weighted by Crippen LogP contribution is 2.27. The van der Waals surface area contributed by atoms with Gasteiger partial charge in [-0.2, -0.15) is 0 Å². The Morgan fingerprint density at radius 3 is 2.31 bits per heavy atom. The third-order valence-corrected chi connectivity index (χ3v) is 6.63. The van der Waals surface area contributed by atoms with Crippen LogP contribution in [0.2, 0.25) is 0 Å². The molecule has 0 bridgehead atoms. The van der Waals surface area contributed by atoms with Crippen molar-refractivity contribution in [3.8, 4) is 0 Å². The van der Waals surface area contributed by atoms with Crippen LogP contribution < -0.4 is 10.0 Å². The van der Waals surface area contributed by atoms with Crippen molar-refractivity contribution in [2.75, 3.05) is 5.32 Å². The van der Waals surface area contributed by atoms with Gasteiger partial charge in [0.25, 0.3) is 0 Å². The van der Waals surface area contributed by atoms with Crippen LogP contribution in [-0.2, 0) is 22.6 Å². The Hall–Kier alpha value is -1.04. The number of unbranched alkanes of at least 4 members (excludes halogenated alkanes) is 1. The topological polar surface area (TPSA) is 64.2 Å². The number of amides is 1. The van der Waals surface area contributed by atoms with Crippen molar-refractivity contribution in [1.82, 2.24) is 4.72 Å². The predicted octanol–water partition coefficient (Wildman–Crippen LogP) is 4.58. The number of carbonyl (C=O) groups is 1. The van der Waals surface area contributed by atoms with E-state index in [4.69, 9.17) is 0 Å². The Morgan fingerprint density at radius 1 is 1.15 bits per heavy atom. The summed E-state index contributed by atoms with van der Waals surface area (Å²) in [5.41, 5.74) is 2.20. The molecule has 1 saturated carbocycles. The molecule has 0 aliphatic heterocycles. The molecule has 2 rings (SSSR count). The maximum absolute atomic E-state index is 12.5. The Balaban J connectivity index is 1.77. The van der Waals surface area contributed by atoms with Gasteiger partial charge in [-0.25, -0.2) is 0 Å². The predicted molar refractivity (Wildman–Crippen MR) is 110 cm³/mol. The molecule has 1 amide bonds. The van der Waals surface area contributed by atoms with Crippen LogP contribution in [0.15, 0.2) is 24.3 Å². The third-order valence-electron chi connectivity index (χ3n) is 4.97. The number of hydrogen-bond acceptors (Lipinski definition) is 3. The third kappa shape index (κ3) is 6.60. The quantitative estimate of drug-likeness (QED) is 0.683. The average molecular weight is 379 g/mol. The van der Waals surface area contributed by atoms with Gasteiger partial charge < -0.3 is 9.87 Å². The average Bonchev–Trinajstić information content (AvgIpc) is 2.61. The number of benzene rings is 1. The fraction of sp³-hybridized carbons (Fsp3) is 0.667. The van der Waals surface area contributed by atoms with E-state index in [1.165, 1.54) is 18.4 Å². The SMILES string of the molecule is CCCCc1ccc(NC(=O)[C@H]2CC[C@@H](N[S+]([O-])C(C)(C)C)CC2)cc1. The van der Waals surface area contributed by atoms with Gasteiger partial charge in [0.15, 0.2) is 0 Å². The Bertz CT molecular complexity index is 560. The van der Waals surface area contributed by atoms with Gasteiger partial charge in [-0.05, 0) is 77.0 Å². The van der Waals surface area contributed by atoms with Crippen LogP contribution in [-0.4, -0.2) is 21.2 Å². The highest BCUT2D eigenvalue weighted by Gasteiger charge is 2.32. The molecule has 0 aromatic heterocycles. The van der Waals surface area contributed by atoms with Crippen molar-refractivity contribution in [1.29, 1.82) is 0 Å². The largest absolute Gasteiger partial charge is 0.598 e. The minimum atomic E-state index is -1.04. The lowest BCUT2D eigenvalue weighted by Crippen LogP contribution is -2.46. The first-order valence-electron chi connectivity index (χ1n) is 9.87. The molecule has 1 fully saturated rings. The van der Waals surface area contributed by atoms with Gasteiger partial charge in [0.1, 0.15) is 4.75 Å². The van der Waals surface area contributed by atoms with Crippen LogP contribution in [0.4, 0.5) is 5.69 Å². The molecule has 1 aliphatic carbocycles. The molecular formula is C21H34N2O2S. The summed E-state index contributed by atoms with van der Waals surface area (Å²) in [6.45, 7) is 8.12. The van der Waals surface area contributed by atoms with Gasteiger partial charge >= 0.3 is 0 Å². The van der Waals surface area contributed by atoms with Crippen LogP contribution in [0, 0.1) is 5.92 Å². The molecular weight excluding hydrogens is 344 g/mol. The Morgan fingerprint density at radius 2 is 1.77 bits per heavy atom. The summed E-state index contributed by atoms with van der Waals surface area (Å²) in [5, 5.41) is 3.06. The molecule has 1 aliphatic rings. The smallest absolute Gasteiger partial charge is 0.227 e. The Labute approximate surface area is 161 Å². The standard InChI is InChI=1S/C21H34N2O2S/c1-5-6-7-16-8-12-18(13-9-16)22-20(24)17-10-14-19(15-11-17)23-26(25)21(2,3)4/h8-9,12-13,17,19,23H,5-7,10-11,14-15H2,1-4H3,(H,22,24)/t17-,19+,26?. The number of anilines is 1. The van der Waals surface area contributed by atoms with E-state index >= 15 is 0 Å². The van der Waals surface area contributed by atoms with Gasteiger partial charge in [-0.3, -0.25) is 4.79 Å². The van der Waals surface area contributed by atoms with E-state index in [1.807, 2.05) is 32.9 Å². The second-order valence-electron chi connectivity index (χ2n) is 8.34. The van der Waals surface area contributed by atoms with E-state index < -0.39 is 11.4 Å². The minimum absolute atomic E-state index is 0.0518. The zero-order chi connectivity index (χ0) is 19.2. The molecule has 146 valence electrons. The van der Waals surface area contributed by atoms with Crippen molar-refractivity contribution in [2.45, 2.75) is 83.4 Å². The molecule has 0 spiro atoms. The van der Waals surface area contributed by atoms with Gasteiger partial charge in [0, 0.05) is 23.0 Å². The zero-order valence-corrected chi connectivity index (χ0v) is 17.5. The van der Waals surface area contributed by atoms with E-state index in [9.17, 15) is 9.35 Å². The van der Waals surface area contributed by atoms with Crippen LogP contribution >= 0.6 is 0 Å². The number of hydrogen-bond donors (Lipinski definition) is 2. The molecule has 1 aromatic carbocycles. The lowest BCUT2D eigenvalue weighted by Gasteiger charge is -2.32. The summed E-state index contributed by atoms with van der Waals surface area (Å²) in [6, 6.07) is 8.46. The van der Waals surface area contributed by atoms with E-state index in [0.717, 1.165) is 37.8 Å². The van der Waals surface area contributed by atoms with Crippen molar-refractivity contribution in [2.24, 2.45) is 5.92 Å². The summed E-state index contributed by atoms with van der Waals surface area (Å²) in [4.78, 5) is 12.5. The van der Waals surface area contributed by atoms with E-state index in [0.29, 0.717) is 0 Å². The van der Waals surface area contributed by atoms with E-state index in [1.54, 1.807) is 0 Å². The highest BCUT2D eigenvalue weighted by molar-refractivity contribution is 7.90. The van der Waals surface area contributed by atoms with Crippen molar-refractivity contribution >= 4 is 23.0 Å². The van der Waals surface area contributed by atoms with Crippen LogP contribution in [0.1, 0.15) is 71.8 Å². The van der Waals surface area contributed by atoms with Crippen LogP contribution in [0.3, 0.4) is 0 Å². The number of aryl methyl sites for hydroxylation is 1. The fourth-order valence-electron chi connectivity index (χ4n) is 3.18. The van der Waals surface area contributed by atoms with Gasteiger partial charge in [0.2, 0.25) is 5.91 Å². The van der Waals surface area contributed by atoms with Crippen molar-refractivity contribution < 1.29 is 9.35 Å². The lowest BCUT2D eigenvalue weighted by atomic mass is 9.86. The number of nitrogens with one attached hydrogen (secondary N) is 2. The molecule has 26 heavy (non-hydrogen) atoms. The lowest BCUT2D eigenvalue weighted by molar-refractivity contribution is -0.120. The van der Waals surface area contributed by atoms with E-state index in [2.05, 4.69) is 29.1 Å². The first-order chi connectivity index (χ1) is 12.3. The minimum Gasteiger partial charge on any atom is -0.598 e. The molecule has 2 N–H and O–H groups in total. The first-order valence-corrected chi connectivity index (χ1v) is 11.0. The van der Waals surface area contributed by atoms with Crippen LogP contribution in [0.25, 0.3) is 0 Å². The van der Waals surface area contributed by atoms with Gasteiger partial charge in [-0.1, -0.05) is 25.5 Å². The molecule has 0 radical (unpaired) electrons. The molecule has 1 aromatic rings. The second kappa shape index (κ2) is 9.77. The van der Waals surface area contributed by atoms with Crippen molar-refractivity contribution in [3.05, 3.63) is 29.8 Å². The van der Waals surface area contributed by atoms with E-state index in [-0.39, 0.29) is 22.6 Å². The molecule has 1 atom stereocenters. The first kappa shape index (κ1) is 21.3. The summed E-state index contributed by atoms with van der Waals surface area (Å²) in [7, 11) is 0. The molecule has 4 nitrogen and oxygen atoms in total. The zero-order valence-electron chi connectivity index (χ0n) is 16.6. The monoisotopic (exact) mass is 378 g/mol. The molecule has 5 heteroatoms. The maximum Gasteiger partial charge on any atom is 0.227 e. The van der Waals surface area contributed by atoms with Gasteiger partial charge in [0.05, 0.1) is 6.04 Å². The highest BCUT2D eigenvalue weighted by atomic mass is 32.2. The summed E-state index contributed by atoms with van der Waals surface area (Å²) in [6.07, 6.45) is 6.98.